The number of nitrogens with zero attached hydrogens (tertiary/aromatic N) is 1. The third kappa shape index (κ3) is 2.84. The molecule has 1 saturated heterocycles. The lowest BCUT2D eigenvalue weighted by Crippen LogP contribution is -2.45. The molecule has 0 bridgehead atoms. The van der Waals surface area contributed by atoms with Crippen LogP contribution in [0.25, 0.3) is 0 Å². The van der Waals surface area contributed by atoms with Crippen LogP contribution in [0.4, 0.5) is 5.69 Å². The Morgan fingerprint density at radius 2 is 2.12 bits per heavy atom. The van der Waals surface area contributed by atoms with E-state index in [2.05, 4.69) is 10.3 Å². The summed E-state index contributed by atoms with van der Waals surface area (Å²) < 4.78 is 11.1. The van der Waals surface area contributed by atoms with Crippen LogP contribution in [0.2, 0.25) is 5.02 Å². The van der Waals surface area contributed by atoms with Gasteiger partial charge in [-0.1, -0.05) is 11.6 Å². The van der Waals surface area contributed by atoms with Crippen LogP contribution in [0.5, 0.6) is 0 Å². The Kier molecular flexibility index (Phi) is 3.33. The number of halogens is 1. The van der Waals surface area contributed by atoms with Gasteiger partial charge in [-0.15, -0.1) is 0 Å². The molecule has 0 unspecified atom stereocenters. The molecule has 1 aliphatic rings. The van der Waals surface area contributed by atoms with Crippen LogP contribution in [0.15, 0.2) is 18.5 Å². The van der Waals surface area contributed by atoms with Gasteiger partial charge in [-0.25, -0.2) is 0 Å². The number of aromatic nitrogens is 1. The van der Waals surface area contributed by atoms with E-state index in [0.29, 0.717) is 18.2 Å². The van der Waals surface area contributed by atoms with E-state index in [4.69, 9.17) is 21.1 Å². The maximum Gasteiger partial charge on any atom is 0.162 e. The Bertz CT molecular complexity index is 361. The number of hydrogen-bond donors (Lipinski definition) is 1. The quantitative estimate of drug-likeness (QED) is 0.864. The van der Waals surface area contributed by atoms with Crippen molar-refractivity contribution in [3.63, 3.8) is 0 Å². The van der Waals surface area contributed by atoms with E-state index in [1.165, 1.54) is 0 Å². The number of anilines is 1. The fraction of sp³-hybridized carbons (Fsp3) is 0.545. The maximum atomic E-state index is 6.02. The molecule has 1 fully saturated rings. The molecule has 4 nitrogen and oxygen atoms in total. The van der Waals surface area contributed by atoms with Gasteiger partial charge in [0.1, 0.15) is 0 Å². The van der Waals surface area contributed by atoms with E-state index in [1.807, 2.05) is 13.8 Å². The number of hydrogen-bond acceptors (Lipinski definition) is 4. The topological polar surface area (TPSA) is 43.4 Å². The van der Waals surface area contributed by atoms with Crippen molar-refractivity contribution in [1.29, 1.82) is 0 Å². The van der Waals surface area contributed by atoms with Crippen molar-refractivity contribution < 1.29 is 9.47 Å². The largest absolute Gasteiger partial charge is 0.375 e. The molecule has 88 valence electrons. The van der Waals surface area contributed by atoms with Crippen molar-refractivity contribution in [2.75, 3.05) is 18.5 Å². The minimum atomic E-state index is -0.489. The summed E-state index contributed by atoms with van der Waals surface area (Å²) in [5.41, 5.74) is 0.807. The zero-order valence-corrected chi connectivity index (χ0v) is 10.1. The van der Waals surface area contributed by atoms with Gasteiger partial charge in [0.15, 0.2) is 5.79 Å². The van der Waals surface area contributed by atoms with E-state index in [-0.39, 0.29) is 6.04 Å². The molecule has 1 aliphatic heterocycles. The summed E-state index contributed by atoms with van der Waals surface area (Å²) in [6.45, 7) is 5.00. The average molecular weight is 243 g/mol. The van der Waals surface area contributed by atoms with Crippen molar-refractivity contribution in [1.82, 2.24) is 4.98 Å². The zero-order valence-electron chi connectivity index (χ0n) is 9.37. The van der Waals surface area contributed by atoms with Gasteiger partial charge in [0.25, 0.3) is 0 Å². The fourth-order valence-electron chi connectivity index (χ4n) is 1.48. The van der Waals surface area contributed by atoms with Crippen LogP contribution >= 0.6 is 11.6 Å². The molecule has 0 spiro atoms. The fourth-order valence-corrected chi connectivity index (χ4v) is 1.64. The van der Waals surface area contributed by atoms with Gasteiger partial charge < -0.3 is 14.8 Å². The van der Waals surface area contributed by atoms with E-state index >= 15 is 0 Å². The summed E-state index contributed by atoms with van der Waals surface area (Å²) in [7, 11) is 0. The third-order valence-electron chi connectivity index (χ3n) is 2.39. The highest BCUT2D eigenvalue weighted by Crippen LogP contribution is 2.23. The lowest BCUT2D eigenvalue weighted by molar-refractivity contribution is -0.247. The summed E-state index contributed by atoms with van der Waals surface area (Å²) in [6.07, 6.45) is 3.35. The first kappa shape index (κ1) is 11.6. The lowest BCUT2D eigenvalue weighted by atomic mass is 10.2. The second-order valence-corrected chi connectivity index (χ2v) is 4.63. The molecule has 5 heteroatoms. The van der Waals surface area contributed by atoms with Gasteiger partial charge in [-0.2, -0.15) is 0 Å². The highest BCUT2D eigenvalue weighted by molar-refractivity contribution is 6.33. The van der Waals surface area contributed by atoms with Crippen LogP contribution in [0.3, 0.4) is 0 Å². The maximum absolute atomic E-state index is 6.02. The van der Waals surface area contributed by atoms with Crippen LogP contribution in [-0.4, -0.2) is 30.0 Å². The van der Waals surface area contributed by atoms with Gasteiger partial charge in [0.05, 0.1) is 36.2 Å². The second-order valence-electron chi connectivity index (χ2n) is 4.22. The number of pyridine rings is 1. The van der Waals surface area contributed by atoms with E-state index in [1.54, 1.807) is 18.5 Å². The molecule has 16 heavy (non-hydrogen) atoms. The normalized spacial score (nSPS) is 20.7. The van der Waals surface area contributed by atoms with Crippen molar-refractivity contribution in [3.8, 4) is 0 Å². The van der Waals surface area contributed by atoms with Crippen LogP contribution in [-0.2, 0) is 9.47 Å². The predicted octanol–water partition coefficient (Wildman–Crippen LogP) is 2.30. The summed E-state index contributed by atoms with van der Waals surface area (Å²) in [4.78, 5) is 4.01. The molecule has 0 aliphatic carbocycles. The molecule has 2 rings (SSSR count). The lowest BCUT2D eigenvalue weighted by Gasteiger charge is -2.35. The highest BCUT2D eigenvalue weighted by Gasteiger charge is 2.28. The number of rotatable bonds is 2. The second kappa shape index (κ2) is 4.57. The number of ether oxygens (including phenoxy) is 2. The van der Waals surface area contributed by atoms with E-state index < -0.39 is 5.79 Å². The molecule has 1 aromatic heterocycles. The van der Waals surface area contributed by atoms with Gasteiger partial charge in [-0.05, 0) is 19.9 Å². The molecule has 0 radical (unpaired) electrons. The van der Waals surface area contributed by atoms with Crippen molar-refractivity contribution in [3.05, 3.63) is 23.5 Å². The summed E-state index contributed by atoms with van der Waals surface area (Å²) in [5, 5.41) is 3.90. The Morgan fingerprint density at radius 3 is 2.75 bits per heavy atom. The van der Waals surface area contributed by atoms with Crippen LogP contribution in [0, 0.1) is 0 Å². The van der Waals surface area contributed by atoms with Gasteiger partial charge >= 0.3 is 0 Å². The minimum absolute atomic E-state index is 0.106. The standard InChI is InChI=1S/C11H15ClN2O2/c1-11(2)15-6-8(7-16-11)14-10-5-13-4-3-9(10)12/h3-5,8,14H,6-7H2,1-2H3. The number of nitrogens with one attached hydrogen (secondary N) is 1. The molecule has 0 atom stereocenters. The van der Waals surface area contributed by atoms with Crippen molar-refractivity contribution >= 4 is 17.3 Å². The van der Waals surface area contributed by atoms with E-state index in [9.17, 15) is 0 Å². The summed E-state index contributed by atoms with van der Waals surface area (Å²) in [6, 6.07) is 1.85. The zero-order chi connectivity index (χ0) is 11.6. The predicted molar refractivity (Wildman–Crippen MR) is 62.6 cm³/mol. The van der Waals surface area contributed by atoms with Crippen molar-refractivity contribution in [2.24, 2.45) is 0 Å². The van der Waals surface area contributed by atoms with Gasteiger partial charge in [0, 0.05) is 6.20 Å². The Balaban J connectivity index is 1.95. The average Bonchev–Trinajstić information content (AvgIpc) is 2.24. The summed E-state index contributed by atoms with van der Waals surface area (Å²) >= 11 is 6.02. The molecular formula is C11H15ClN2O2. The first-order valence-corrected chi connectivity index (χ1v) is 5.58. The molecular weight excluding hydrogens is 228 g/mol. The molecule has 1 N–H and O–H groups in total. The highest BCUT2D eigenvalue weighted by atomic mass is 35.5. The van der Waals surface area contributed by atoms with Crippen LogP contribution in [0.1, 0.15) is 13.8 Å². The van der Waals surface area contributed by atoms with Gasteiger partial charge in [-0.3, -0.25) is 4.98 Å². The third-order valence-corrected chi connectivity index (χ3v) is 2.72. The Hall–Kier alpha value is -0.840. The molecule has 0 saturated carbocycles. The molecule has 0 amide bonds. The first-order valence-electron chi connectivity index (χ1n) is 5.21. The van der Waals surface area contributed by atoms with Crippen molar-refractivity contribution in [2.45, 2.75) is 25.7 Å². The smallest absolute Gasteiger partial charge is 0.162 e. The SMILES string of the molecule is CC1(C)OCC(Nc2cnccc2Cl)CO1. The Labute approximate surface area is 99.9 Å². The van der Waals surface area contributed by atoms with E-state index in [0.717, 1.165) is 5.69 Å². The Morgan fingerprint density at radius 1 is 1.44 bits per heavy atom. The minimum Gasteiger partial charge on any atom is -0.375 e. The molecule has 0 aromatic carbocycles. The van der Waals surface area contributed by atoms with Crippen LogP contribution < -0.4 is 5.32 Å². The summed E-state index contributed by atoms with van der Waals surface area (Å²) in [5.74, 6) is -0.489. The molecule has 1 aromatic rings. The first-order chi connectivity index (χ1) is 7.57. The monoisotopic (exact) mass is 242 g/mol. The van der Waals surface area contributed by atoms with Gasteiger partial charge in [0.2, 0.25) is 0 Å². The molecule has 2 heterocycles.